The summed E-state index contributed by atoms with van der Waals surface area (Å²) in [6, 6.07) is 8.10. The summed E-state index contributed by atoms with van der Waals surface area (Å²) < 4.78 is 5.15. The van der Waals surface area contributed by atoms with E-state index in [4.69, 9.17) is 17.0 Å². The molecule has 2 N–H and O–H groups in total. The largest absolute Gasteiger partial charge is 0.497 e. The van der Waals surface area contributed by atoms with Gasteiger partial charge in [0.2, 0.25) is 0 Å². The molecule has 0 radical (unpaired) electrons. The third-order valence-electron chi connectivity index (χ3n) is 2.43. The van der Waals surface area contributed by atoms with Crippen LogP contribution in [0.25, 0.3) is 0 Å². The van der Waals surface area contributed by atoms with Crippen LogP contribution in [-0.2, 0) is 0 Å². The van der Waals surface area contributed by atoms with E-state index in [9.17, 15) is 0 Å². The SMILES string of the molecule is CCC[C@@H](C)NC(=S)Nc1cccc(OC)c1. The molecule has 0 saturated heterocycles. The van der Waals surface area contributed by atoms with Gasteiger partial charge in [-0.05, 0) is 37.7 Å². The number of ether oxygens (including phenoxy) is 1. The Morgan fingerprint density at radius 1 is 1.47 bits per heavy atom. The first-order valence-electron chi connectivity index (χ1n) is 5.87. The smallest absolute Gasteiger partial charge is 0.170 e. The fraction of sp³-hybridized carbons (Fsp3) is 0.462. The summed E-state index contributed by atoms with van der Waals surface area (Å²) in [4.78, 5) is 0. The second kappa shape index (κ2) is 7.12. The van der Waals surface area contributed by atoms with Crippen LogP contribution < -0.4 is 15.4 Å². The first-order chi connectivity index (χ1) is 8.15. The van der Waals surface area contributed by atoms with Gasteiger partial charge in [-0.2, -0.15) is 0 Å². The number of anilines is 1. The van der Waals surface area contributed by atoms with Crippen molar-refractivity contribution < 1.29 is 4.74 Å². The van der Waals surface area contributed by atoms with Crippen molar-refractivity contribution in [3.8, 4) is 5.75 Å². The Morgan fingerprint density at radius 3 is 2.88 bits per heavy atom. The number of hydrogen-bond acceptors (Lipinski definition) is 2. The molecular formula is C13H20N2OS. The molecule has 1 aromatic carbocycles. The highest BCUT2D eigenvalue weighted by atomic mass is 32.1. The van der Waals surface area contributed by atoms with Gasteiger partial charge in [-0.3, -0.25) is 0 Å². The van der Waals surface area contributed by atoms with E-state index < -0.39 is 0 Å². The number of thiocarbonyl (C=S) groups is 1. The molecule has 0 aromatic heterocycles. The molecule has 4 heteroatoms. The Kier molecular flexibility index (Phi) is 5.77. The zero-order valence-electron chi connectivity index (χ0n) is 10.6. The van der Waals surface area contributed by atoms with E-state index in [2.05, 4.69) is 24.5 Å². The molecule has 0 amide bonds. The van der Waals surface area contributed by atoms with Gasteiger partial charge in [-0.15, -0.1) is 0 Å². The summed E-state index contributed by atoms with van der Waals surface area (Å²) in [6.07, 6.45) is 2.26. The van der Waals surface area contributed by atoms with Crippen molar-refractivity contribution in [2.75, 3.05) is 12.4 Å². The van der Waals surface area contributed by atoms with E-state index in [0.29, 0.717) is 11.2 Å². The maximum atomic E-state index is 5.24. The molecule has 0 spiro atoms. The fourth-order valence-corrected chi connectivity index (χ4v) is 1.92. The molecule has 0 heterocycles. The van der Waals surface area contributed by atoms with Crippen LogP contribution in [0.4, 0.5) is 5.69 Å². The Balaban J connectivity index is 2.49. The van der Waals surface area contributed by atoms with E-state index in [0.717, 1.165) is 24.3 Å². The van der Waals surface area contributed by atoms with E-state index in [1.807, 2.05) is 24.3 Å². The van der Waals surface area contributed by atoms with Crippen LogP contribution in [0.2, 0.25) is 0 Å². The Labute approximate surface area is 109 Å². The zero-order chi connectivity index (χ0) is 12.7. The van der Waals surface area contributed by atoms with Crippen LogP contribution in [0.15, 0.2) is 24.3 Å². The topological polar surface area (TPSA) is 33.3 Å². The number of rotatable bonds is 5. The van der Waals surface area contributed by atoms with Gasteiger partial charge in [0.05, 0.1) is 7.11 Å². The average molecular weight is 252 g/mol. The first-order valence-corrected chi connectivity index (χ1v) is 6.28. The van der Waals surface area contributed by atoms with Crippen molar-refractivity contribution in [3.63, 3.8) is 0 Å². The summed E-state index contributed by atoms with van der Waals surface area (Å²) >= 11 is 5.24. The number of methoxy groups -OCH3 is 1. The van der Waals surface area contributed by atoms with Gasteiger partial charge in [0, 0.05) is 17.8 Å². The van der Waals surface area contributed by atoms with Gasteiger partial charge in [0.1, 0.15) is 5.75 Å². The van der Waals surface area contributed by atoms with Crippen LogP contribution in [0, 0.1) is 0 Å². The molecule has 0 fully saturated rings. The number of hydrogen-bond donors (Lipinski definition) is 2. The molecule has 0 aliphatic carbocycles. The van der Waals surface area contributed by atoms with E-state index in [-0.39, 0.29) is 0 Å². The summed E-state index contributed by atoms with van der Waals surface area (Å²) in [5, 5.41) is 7.04. The van der Waals surface area contributed by atoms with Crippen molar-refractivity contribution in [2.45, 2.75) is 32.7 Å². The van der Waals surface area contributed by atoms with E-state index in [1.165, 1.54) is 0 Å². The zero-order valence-corrected chi connectivity index (χ0v) is 11.4. The van der Waals surface area contributed by atoms with Crippen LogP contribution >= 0.6 is 12.2 Å². The maximum Gasteiger partial charge on any atom is 0.170 e. The molecule has 0 bridgehead atoms. The summed E-state index contributed by atoms with van der Waals surface area (Å²) in [6.45, 7) is 4.29. The molecule has 0 unspecified atom stereocenters. The molecule has 0 saturated carbocycles. The lowest BCUT2D eigenvalue weighted by molar-refractivity contribution is 0.415. The van der Waals surface area contributed by atoms with Crippen LogP contribution in [0.3, 0.4) is 0 Å². The minimum Gasteiger partial charge on any atom is -0.497 e. The lowest BCUT2D eigenvalue weighted by atomic mass is 10.2. The van der Waals surface area contributed by atoms with Gasteiger partial charge in [0.25, 0.3) is 0 Å². The van der Waals surface area contributed by atoms with Gasteiger partial charge in [-0.1, -0.05) is 19.4 Å². The third-order valence-corrected chi connectivity index (χ3v) is 2.65. The van der Waals surface area contributed by atoms with Crippen molar-refractivity contribution in [2.24, 2.45) is 0 Å². The Bertz CT molecular complexity index is 368. The highest BCUT2D eigenvalue weighted by Crippen LogP contribution is 2.16. The van der Waals surface area contributed by atoms with E-state index >= 15 is 0 Å². The number of benzene rings is 1. The van der Waals surface area contributed by atoms with Gasteiger partial charge < -0.3 is 15.4 Å². The Morgan fingerprint density at radius 2 is 2.24 bits per heavy atom. The molecule has 1 atom stereocenters. The molecule has 17 heavy (non-hydrogen) atoms. The van der Waals surface area contributed by atoms with Crippen LogP contribution in [0.5, 0.6) is 5.75 Å². The quantitative estimate of drug-likeness (QED) is 0.789. The highest BCUT2D eigenvalue weighted by Gasteiger charge is 2.03. The monoisotopic (exact) mass is 252 g/mol. The van der Waals surface area contributed by atoms with Gasteiger partial charge in [-0.25, -0.2) is 0 Å². The van der Waals surface area contributed by atoms with Crippen molar-refractivity contribution >= 4 is 23.0 Å². The minimum atomic E-state index is 0.394. The van der Waals surface area contributed by atoms with E-state index in [1.54, 1.807) is 7.11 Å². The molecule has 1 aromatic rings. The first kappa shape index (κ1) is 13.8. The molecule has 0 aliphatic rings. The molecular weight excluding hydrogens is 232 g/mol. The molecule has 94 valence electrons. The standard InChI is InChI=1S/C13H20N2OS/c1-4-6-10(2)14-13(17)15-11-7-5-8-12(9-11)16-3/h5,7-10H,4,6H2,1-3H3,(H2,14,15,17)/t10-/m1/s1. The maximum absolute atomic E-state index is 5.24. The second-order valence-electron chi connectivity index (χ2n) is 4.02. The number of nitrogens with one attached hydrogen (secondary N) is 2. The van der Waals surface area contributed by atoms with Gasteiger partial charge in [0.15, 0.2) is 5.11 Å². The highest BCUT2D eigenvalue weighted by molar-refractivity contribution is 7.80. The minimum absolute atomic E-state index is 0.394. The Hall–Kier alpha value is -1.29. The molecule has 0 aliphatic heterocycles. The fourth-order valence-electron chi connectivity index (χ4n) is 1.60. The molecule has 1 rings (SSSR count). The third kappa shape index (κ3) is 5.04. The van der Waals surface area contributed by atoms with Crippen molar-refractivity contribution in [1.82, 2.24) is 5.32 Å². The normalized spacial score (nSPS) is 11.7. The average Bonchev–Trinajstić information content (AvgIpc) is 2.29. The van der Waals surface area contributed by atoms with Gasteiger partial charge >= 0.3 is 0 Å². The summed E-state index contributed by atoms with van der Waals surface area (Å²) in [5.41, 5.74) is 0.936. The lowest BCUT2D eigenvalue weighted by Crippen LogP contribution is -2.35. The second-order valence-corrected chi connectivity index (χ2v) is 4.43. The van der Waals surface area contributed by atoms with Crippen molar-refractivity contribution in [1.29, 1.82) is 0 Å². The summed E-state index contributed by atoms with van der Waals surface area (Å²) in [5.74, 6) is 0.819. The van der Waals surface area contributed by atoms with Crippen LogP contribution in [0.1, 0.15) is 26.7 Å². The molecule has 3 nitrogen and oxygen atoms in total. The summed E-state index contributed by atoms with van der Waals surface area (Å²) in [7, 11) is 1.65. The predicted molar refractivity (Wildman–Crippen MR) is 76.7 cm³/mol. The lowest BCUT2D eigenvalue weighted by Gasteiger charge is -2.16. The van der Waals surface area contributed by atoms with Crippen molar-refractivity contribution in [3.05, 3.63) is 24.3 Å². The predicted octanol–water partition coefficient (Wildman–Crippen LogP) is 3.17. The van der Waals surface area contributed by atoms with Crippen LogP contribution in [-0.4, -0.2) is 18.3 Å².